The van der Waals surface area contributed by atoms with Crippen LogP contribution in [0.15, 0.2) is 18.2 Å². The third-order valence-corrected chi connectivity index (χ3v) is 4.55. The van der Waals surface area contributed by atoms with Gasteiger partial charge in [-0.1, -0.05) is 32.3 Å². The Morgan fingerprint density at radius 2 is 1.80 bits per heavy atom. The highest BCUT2D eigenvalue weighted by Gasteiger charge is 2.22. The second-order valence-electron chi connectivity index (χ2n) is 6.14. The number of benzene rings is 1. The Hall–Kier alpha value is -0.680. The predicted molar refractivity (Wildman–Crippen MR) is 110 cm³/mol. The molecular weight excluding hydrogens is 359 g/mol. The predicted octanol–water partition coefficient (Wildman–Crippen LogP) is 4.46. The summed E-state index contributed by atoms with van der Waals surface area (Å²) in [6.45, 7) is 9.32. The van der Waals surface area contributed by atoms with E-state index in [0.717, 1.165) is 37.7 Å². The molecule has 1 N–H and O–H groups in total. The zero-order valence-corrected chi connectivity index (χ0v) is 17.4. The number of ether oxygens (including phenoxy) is 2. The van der Waals surface area contributed by atoms with Gasteiger partial charge in [0.25, 0.3) is 0 Å². The van der Waals surface area contributed by atoms with Crippen molar-refractivity contribution in [2.45, 2.75) is 45.6 Å². The number of nitrogens with zero attached hydrogens (tertiary/aromatic N) is 1. The molecule has 0 amide bonds. The fourth-order valence-corrected chi connectivity index (χ4v) is 3.31. The van der Waals surface area contributed by atoms with Crippen LogP contribution in [0.2, 0.25) is 0 Å². The molecule has 0 spiro atoms. The molecule has 6 heteroatoms. The van der Waals surface area contributed by atoms with E-state index in [1.165, 1.54) is 31.2 Å². The lowest BCUT2D eigenvalue weighted by Crippen LogP contribution is -2.45. The van der Waals surface area contributed by atoms with Gasteiger partial charge in [-0.3, -0.25) is 4.90 Å². The number of methoxy groups -OCH3 is 1. The molecule has 1 aromatic rings. The van der Waals surface area contributed by atoms with E-state index in [9.17, 15) is 0 Å². The number of rotatable bonds is 9. The number of unbranched alkanes of at least 4 members (excludes halogenated alkanes) is 2. The largest absolute Gasteiger partial charge is 0.493 e. The summed E-state index contributed by atoms with van der Waals surface area (Å²) < 4.78 is 11.2. The highest BCUT2D eigenvalue weighted by atomic mass is 35.5. The fraction of sp³-hybridized carbons (Fsp3) is 0.684. The van der Waals surface area contributed by atoms with Gasteiger partial charge in [0, 0.05) is 32.2 Å². The maximum absolute atomic E-state index is 5.66. The molecule has 1 saturated heterocycles. The van der Waals surface area contributed by atoms with Gasteiger partial charge in [0.15, 0.2) is 11.5 Å². The van der Waals surface area contributed by atoms with Crippen LogP contribution in [-0.4, -0.2) is 44.8 Å². The fourth-order valence-electron chi connectivity index (χ4n) is 3.31. The molecule has 1 aromatic carbocycles. The molecule has 2 rings (SSSR count). The van der Waals surface area contributed by atoms with Crippen molar-refractivity contribution in [2.75, 3.05) is 39.9 Å². The summed E-state index contributed by atoms with van der Waals surface area (Å²) in [6.07, 6.45) is 5.06. The summed E-state index contributed by atoms with van der Waals surface area (Å²) in [4.78, 5) is 2.61. The quantitative estimate of drug-likeness (QED) is 0.628. The minimum atomic E-state index is 0. The van der Waals surface area contributed by atoms with Crippen LogP contribution in [0.3, 0.4) is 0 Å². The number of piperazine rings is 1. The van der Waals surface area contributed by atoms with E-state index in [1.54, 1.807) is 7.11 Å². The second kappa shape index (κ2) is 13.5. The van der Waals surface area contributed by atoms with E-state index in [1.807, 2.05) is 6.92 Å². The minimum absolute atomic E-state index is 0. The Morgan fingerprint density at radius 3 is 2.40 bits per heavy atom. The Bertz CT molecular complexity index is 469. The lowest BCUT2D eigenvalue weighted by atomic mass is 9.97. The first-order valence-corrected chi connectivity index (χ1v) is 9.05. The summed E-state index contributed by atoms with van der Waals surface area (Å²) in [5.74, 6) is 1.69. The standard InChI is InChI=1S/C19H32N2O2.2ClH/c1-4-6-7-8-17(21-13-11-20-12-14-21)16-9-10-18(23-5-2)19(15-16)22-3;;/h9-10,15,17,20H,4-8,11-14H2,1-3H3;2*1H/t17-;;/m1../s1. The first-order valence-electron chi connectivity index (χ1n) is 9.05. The smallest absolute Gasteiger partial charge is 0.161 e. The van der Waals surface area contributed by atoms with Gasteiger partial charge in [-0.05, 0) is 31.0 Å². The van der Waals surface area contributed by atoms with Gasteiger partial charge in [0.2, 0.25) is 0 Å². The van der Waals surface area contributed by atoms with E-state index in [-0.39, 0.29) is 24.8 Å². The second-order valence-corrected chi connectivity index (χ2v) is 6.14. The first kappa shape index (κ1) is 24.3. The van der Waals surface area contributed by atoms with Crippen LogP contribution in [0.5, 0.6) is 11.5 Å². The normalized spacial score (nSPS) is 15.6. The molecule has 0 saturated carbocycles. The minimum Gasteiger partial charge on any atom is -0.493 e. The Morgan fingerprint density at radius 1 is 1.08 bits per heavy atom. The van der Waals surface area contributed by atoms with Gasteiger partial charge in [-0.15, -0.1) is 24.8 Å². The molecule has 1 aliphatic heterocycles. The number of nitrogens with one attached hydrogen (secondary N) is 1. The Kier molecular flexibility index (Phi) is 13.1. The molecule has 1 atom stereocenters. The van der Waals surface area contributed by atoms with Crippen LogP contribution in [0, 0.1) is 0 Å². The average molecular weight is 393 g/mol. The molecule has 25 heavy (non-hydrogen) atoms. The molecule has 0 radical (unpaired) electrons. The van der Waals surface area contributed by atoms with Crippen LogP contribution in [0.25, 0.3) is 0 Å². The summed E-state index contributed by atoms with van der Waals surface area (Å²) in [5.41, 5.74) is 1.35. The van der Waals surface area contributed by atoms with Crippen molar-refractivity contribution in [1.82, 2.24) is 10.2 Å². The molecule has 146 valence electrons. The molecule has 0 aromatic heterocycles. The monoisotopic (exact) mass is 392 g/mol. The highest BCUT2D eigenvalue weighted by molar-refractivity contribution is 5.85. The van der Waals surface area contributed by atoms with E-state index < -0.39 is 0 Å². The Labute approximate surface area is 165 Å². The van der Waals surface area contributed by atoms with Gasteiger partial charge in [0.1, 0.15) is 0 Å². The summed E-state index contributed by atoms with van der Waals surface area (Å²) >= 11 is 0. The van der Waals surface area contributed by atoms with E-state index >= 15 is 0 Å². The van der Waals surface area contributed by atoms with E-state index in [4.69, 9.17) is 9.47 Å². The summed E-state index contributed by atoms with van der Waals surface area (Å²) in [5, 5.41) is 3.45. The lowest BCUT2D eigenvalue weighted by molar-refractivity contribution is 0.162. The van der Waals surface area contributed by atoms with Crippen molar-refractivity contribution < 1.29 is 9.47 Å². The van der Waals surface area contributed by atoms with Gasteiger partial charge >= 0.3 is 0 Å². The first-order chi connectivity index (χ1) is 11.3. The lowest BCUT2D eigenvalue weighted by Gasteiger charge is -2.35. The van der Waals surface area contributed by atoms with Crippen LogP contribution >= 0.6 is 24.8 Å². The van der Waals surface area contributed by atoms with Crippen molar-refractivity contribution in [3.63, 3.8) is 0 Å². The van der Waals surface area contributed by atoms with E-state index in [2.05, 4.69) is 35.3 Å². The van der Waals surface area contributed by atoms with Crippen molar-refractivity contribution in [3.8, 4) is 11.5 Å². The van der Waals surface area contributed by atoms with Gasteiger partial charge in [0.05, 0.1) is 13.7 Å². The maximum atomic E-state index is 5.66. The molecule has 0 unspecified atom stereocenters. The van der Waals surface area contributed by atoms with Crippen molar-refractivity contribution in [3.05, 3.63) is 23.8 Å². The van der Waals surface area contributed by atoms with Crippen LogP contribution in [0.4, 0.5) is 0 Å². The topological polar surface area (TPSA) is 33.7 Å². The van der Waals surface area contributed by atoms with Crippen molar-refractivity contribution in [2.24, 2.45) is 0 Å². The summed E-state index contributed by atoms with van der Waals surface area (Å²) in [7, 11) is 1.72. The summed E-state index contributed by atoms with van der Waals surface area (Å²) in [6, 6.07) is 6.93. The molecular formula is C19H34Cl2N2O2. The van der Waals surface area contributed by atoms with Gasteiger partial charge in [-0.2, -0.15) is 0 Å². The molecule has 1 heterocycles. The van der Waals surface area contributed by atoms with Crippen LogP contribution in [0.1, 0.15) is 51.1 Å². The molecule has 4 nitrogen and oxygen atoms in total. The molecule has 1 aliphatic rings. The third kappa shape index (κ3) is 7.22. The Balaban J connectivity index is 0.00000288. The number of hydrogen-bond donors (Lipinski definition) is 1. The zero-order valence-electron chi connectivity index (χ0n) is 15.8. The third-order valence-electron chi connectivity index (χ3n) is 4.55. The van der Waals surface area contributed by atoms with Crippen molar-refractivity contribution >= 4 is 24.8 Å². The number of halogens is 2. The van der Waals surface area contributed by atoms with E-state index in [0.29, 0.717) is 12.6 Å². The highest BCUT2D eigenvalue weighted by Crippen LogP contribution is 2.34. The average Bonchev–Trinajstić information content (AvgIpc) is 2.60. The zero-order chi connectivity index (χ0) is 16.5. The van der Waals surface area contributed by atoms with Crippen LogP contribution < -0.4 is 14.8 Å². The molecule has 0 bridgehead atoms. The van der Waals surface area contributed by atoms with Gasteiger partial charge < -0.3 is 14.8 Å². The van der Waals surface area contributed by atoms with Gasteiger partial charge in [-0.25, -0.2) is 0 Å². The molecule has 1 fully saturated rings. The number of hydrogen-bond acceptors (Lipinski definition) is 4. The molecule has 0 aliphatic carbocycles. The SMILES string of the molecule is CCCCC[C@H](c1ccc(OCC)c(OC)c1)N1CCNCC1.Cl.Cl. The van der Waals surface area contributed by atoms with Crippen LogP contribution in [-0.2, 0) is 0 Å². The van der Waals surface area contributed by atoms with Crippen molar-refractivity contribution in [1.29, 1.82) is 0 Å². The maximum Gasteiger partial charge on any atom is 0.161 e.